The fourth-order valence-electron chi connectivity index (χ4n) is 3.34. The average Bonchev–Trinajstić information content (AvgIpc) is 2.97. The van der Waals surface area contributed by atoms with E-state index in [0.29, 0.717) is 30.0 Å². The zero-order valence-corrected chi connectivity index (χ0v) is 17.1. The predicted octanol–water partition coefficient (Wildman–Crippen LogP) is 2.31. The summed E-state index contributed by atoms with van der Waals surface area (Å²) in [6.07, 6.45) is 1.61. The van der Waals surface area contributed by atoms with Gasteiger partial charge in [0.1, 0.15) is 5.82 Å². The van der Waals surface area contributed by atoms with Gasteiger partial charge in [-0.25, -0.2) is 4.98 Å². The van der Waals surface area contributed by atoms with E-state index in [1.807, 2.05) is 6.07 Å². The number of carbonyl (C=O) groups is 3. The number of pyridine rings is 1. The number of carbonyl (C=O) groups excluding carboxylic acids is 3. The zero-order valence-electron chi connectivity index (χ0n) is 15.6. The van der Waals surface area contributed by atoms with Gasteiger partial charge in [0, 0.05) is 30.5 Å². The molecule has 0 unspecified atom stereocenters. The lowest BCUT2D eigenvalue weighted by Gasteiger charge is -2.27. The van der Waals surface area contributed by atoms with E-state index in [2.05, 4.69) is 31.1 Å². The van der Waals surface area contributed by atoms with Crippen molar-refractivity contribution in [3.8, 4) is 0 Å². The minimum absolute atomic E-state index is 0.0118. The number of ether oxygens (including phenoxy) is 1. The number of imide groups is 1. The van der Waals surface area contributed by atoms with Crippen molar-refractivity contribution in [3.63, 3.8) is 0 Å². The van der Waals surface area contributed by atoms with Crippen LogP contribution in [0, 0.1) is 0 Å². The van der Waals surface area contributed by atoms with Crippen molar-refractivity contribution in [1.82, 2.24) is 9.88 Å². The number of hydrogen-bond donors (Lipinski definition) is 1. The Morgan fingerprint density at radius 3 is 2.59 bits per heavy atom. The first-order valence-electron chi connectivity index (χ1n) is 9.27. The number of nitrogens with zero attached hydrogens (tertiary/aromatic N) is 3. The van der Waals surface area contributed by atoms with Crippen molar-refractivity contribution in [3.05, 3.63) is 52.1 Å². The minimum Gasteiger partial charge on any atom is -0.378 e. The normalized spacial score (nSPS) is 16.2. The molecular formula is C20H19BrN4O4. The molecule has 4 rings (SSSR count). The molecule has 0 spiro atoms. The number of rotatable bonds is 5. The molecule has 0 aliphatic carbocycles. The smallest absolute Gasteiger partial charge is 0.261 e. The highest BCUT2D eigenvalue weighted by molar-refractivity contribution is 9.10. The lowest BCUT2D eigenvalue weighted by molar-refractivity contribution is -0.116. The summed E-state index contributed by atoms with van der Waals surface area (Å²) in [5.41, 5.74) is 1.28. The van der Waals surface area contributed by atoms with Crippen molar-refractivity contribution in [2.45, 2.75) is 6.42 Å². The third-order valence-electron chi connectivity index (χ3n) is 4.86. The molecule has 150 valence electrons. The van der Waals surface area contributed by atoms with E-state index >= 15 is 0 Å². The number of fused-ring (bicyclic) bond motifs is 1. The second-order valence-corrected chi connectivity index (χ2v) is 7.67. The summed E-state index contributed by atoms with van der Waals surface area (Å²) < 4.78 is 6.05. The van der Waals surface area contributed by atoms with Gasteiger partial charge in [0.05, 0.1) is 36.2 Å². The Morgan fingerprint density at radius 2 is 1.86 bits per heavy atom. The maximum Gasteiger partial charge on any atom is 0.261 e. The number of amides is 3. The first kappa shape index (κ1) is 19.5. The predicted molar refractivity (Wildman–Crippen MR) is 110 cm³/mol. The molecule has 1 fully saturated rings. The van der Waals surface area contributed by atoms with Crippen LogP contribution in [0.25, 0.3) is 0 Å². The quantitative estimate of drug-likeness (QED) is 0.691. The summed E-state index contributed by atoms with van der Waals surface area (Å²) in [5, 5.41) is 2.75. The van der Waals surface area contributed by atoms with E-state index in [-0.39, 0.29) is 30.7 Å². The lowest BCUT2D eigenvalue weighted by Crippen LogP contribution is -2.36. The molecule has 0 saturated carbocycles. The second kappa shape index (κ2) is 8.30. The van der Waals surface area contributed by atoms with Crippen LogP contribution in [0.3, 0.4) is 0 Å². The Morgan fingerprint density at radius 1 is 1.10 bits per heavy atom. The van der Waals surface area contributed by atoms with Crippen molar-refractivity contribution in [1.29, 1.82) is 0 Å². The van der Waals surface area contributed by atoms with Crippen molar-refractivity contribution >= 4 is 45.2 Å². The van der Waals surface area contributed by atoms with Crippen LogP contribution < -0.4 is 10.2 Å². The monoisotopic (exact) mass is 458 g/mol. The molecular weight excluding hydrogens is 440 g/mol. The molecule has 1 N–H and O–H groups in total. The van der Waals surface area contributed by atoms with Crippen molar-refractivity contribution < 1.29 is 19.1 Å². The van der Waals surface area contributed by atoms with Gasteiger partial charge in [-0.1, -0.05) is 15.9 Å². The van der Waals surface area contributed by atoms with Crippen LogP contribution >= 0.6 is 15.9 Å². The third-order valence-corrected chi connectivity index (χ3v) is 5.36. The summed E-state index contributed by atoms with van der Waals surface area (Å²) in [6, 6.07) is 8.59. The van der Waals surface area contributed by atoms with Gasteiger partial charge in [0.15, 0.2) is 0 Å². The van der Waals surface area contributed by atoms with Crippen LogP contribution in [0.15, 0.2) is 41.0 Å². The number of anilines is 2. The van der Waals surface area contributed by atoms with E-state index in [1.54, 1.807) is 30.5 Å². The fourth-order valence-corrected chi connectivity index (χ4v) is 3.70. The molecule has 2 aliphatic rings. The van der Waals surface area contributed by atoms with Gasteiger partial charge in [0.2, 0.25) is 5.91 Å². The van der Waals surface area contributed by atoms with Crippen LogP contribution in [-0.4, -0.2) is 60.5 Å². The first-order valence-corrected chi connectivity index (χ1v) is 10.1. The molecule has 0 radical (unpaired) electrons. The molecule has 0 atom stereocenters. The standard InChI is InChI=1S/C20H19BrN4O4/c21-13-1-3-15-16(11-13)20(28)25(19(15)27)6-5-18(26)23-14-2-4-17(22-12-14)24-7-9-29-10-8-24/h1-4,11-12H,5-10H2,(H,23,26). The van der Waals surface area contributed by atoms with Gasteiger partial charge in [-0.05, 0) is 30.3 Å². The van der Waals surface area contributed by atoms with Gasteiger partial charge in [0.25, 0.3) is 11.8 Å². The van der Waals surface area contributed by atoms with E-state index in [1.165, 1.54) is 0 Å². The van der Waals surface area contributed by atoms with Gasteiger partial charge in [-0.15, -0.1) is 0 Å². The largest absolute Gasteiger partial charge is 0.378 e. The Kier molecular flexibility index (Phi) is 5.59. The second-order valence-electron chi connectivity index (χ2n) is 6.75. The van der Waals surface area contributed by atoms with Gasteiger partial charge in [-0.3, -0.25) is 19.3 Å². The van der Waals surface area contributed by atoms with E-state index in [4.69, 9.17) is 4.74 Å². The Balaban J connectivity index is 1.32. The third kappa shape index (κ3) is 4.15. The van der Waals surface area contributed by atoms with Gasteiger partial charge < -0.3 is 15.0 Å². The topological polar surface area (TPSA) is 91.8 Å². The molecule has 1 aromatic heterocycles. The van der Waals surface area contributed by atoms with Gasteiger partial charge >= 0.3 is 0 Å². The van der Waals surface area contributed by atoms with Gasteiger partial charge in [-0.2, -0.15) is 0 Å². The van der Waals surface area contributed by atoms with Crippen molar-refractivity contribution in [2.24, 2.45) is 0 Å². The molecule has 2 aromatic rings. The molecule has 29 heavy (non-hydrogen) atoms. The zero-order chi connectivity index (χ0) is 20.4. The molecule has 1 aromatic carbocycles. The number of hydrogen-bond acceptors (Lipinski definition) is 6. The highest BCUT2D eigenvalue weighted by Gasteiger charge is 2.35. The molecule has 2 aliphatic heterocycles. The molecule has 9 heteroatoms. The fraction of sp³-hybridized carbons (Fsp3) is 0.300. The maximum atomic E-state index is 12.4. The van der Waals surface area contributed by atoms with Crippen LogP contribution in [0.5, 0.6) is 0 Å². The summed E-state index contributed by atoms with van der Waals surface area (Å²) in [5.74, 6) is -0.204. The van der Waals surface area contributed by atoms with Crippen LogP contribution in [0.2, 0.25) is 0 Å². The van der Waals surface area contributed by atoms with E-state index in [0.717, 1.165) is 28.3 Å². The molecule has 8 nitrogen and oxygen atoms in total. The average molecular weight is 459 g/mol. The van der Waals surface area contributed by atoms with Crippen LogP contribution in [-0.2, 0) is 9.53 Å². The Bertz CT molecular complexity index is 957. The summed E-state index contributed by atoms with van der Waals surface area (Å²) in [7, 11) is 0. The minimum atomic E-state index is -0.379. The van der Waals surface area contributed by atoms with E-state index in [9.17, 15) is 14.4 Å². The van der Waals surface area contributed by atoms with Crippen LogP contribution in [0.4, 0.5) is 11.5 Å². The number of aromatic nitrogens is 1. The Hall–Kier alpha value is -2.78. The van der Waals surface area contributed by atoms with E-state index < -0.39 is 0 Å². The molecule has 0 bridgehead atoms. The van der Waals surface area contributed by atoms with Crippen LogP contribution in [0.1, 0.15) is 27.1 Å². The highest BCUT2D eigenvalue weighted by Crippen LogP contribution is 2.26. The molecule has 1 saturated heterocycles. The SMILES string of the molecule is O=C(CCN1C(=O)c2ccc(Br)cc2C1=O)Nc1ccc(N2CCOCC2)nc1. The lowest BCUT2D eigenvalue weighted by atomic mass is 10.1. The molecule has 3 amide bonds. The highest BCUT2D eigenvalue weighted by atomic mass is 79.9. The first-order chi connectivity index (χ1) is 14.0. The summed E-state index contributed by atoms with van der Waals surface area (Å²) in [6.45, 7) is 2.95. The summed E-state index contributed by atoms with van der Waals surface area (Å²) >= 11 is 3.30. The summed E-state index contributed by atoms with van der Waals surface area (Å²) in [4.78, 5) is 44.7. The number of benzene rings is 1. The molecule has 3 heterocycles. The Labute approximate surface area is 176 Å². The number of morpholine rings is 1. The van der Waals surface area contributed by atoms with Crippen molar-refractivity contribution in [2.75, 3.05) is 43.1 Å². The number of halogens is 1. The number of nitrogens with one attached hydrogen (secondary N) is 1. The maximum absolute atomic E-state index is 12.4.